The van der Waals surface area contributed by atoms with E-state index in [-0.39, 0.29) is 0 Å². The van der Waals surface area contributed by atoms with Gasteiger partial charge in [-0.2, -0.15) is 0 Å². The van der Waals surface area contributed by atoms with E-state index < -0.39 is 6.10 Å². The molecule has 2 fully saturated rings. The zero-order valence-corrected chi connectivity index (χ0v) is 11.6. The topological polar surface area (TPSA) is 39.6 Å². The van der Waals surface area contributed by atoms with Crippen LogP contribution in [-0.2, 0) is 0 Å². The Morgan fingerprint density at radius 2 is 2.21 bits per heavy atom. The predicted molar refractivity (Wildman–Crippen MR) is 76.3 cm³/mol. The zero-order chi connectivity index (χ0) is 13.2. The number of piperidine rings is 1. The van der Waals surface area contributed by atoms with Crippen molar-refractivity contribution in [3.63, 3.8) is 0 Å². The average Bonchev–Trinajstić information content (AvgIpc) is 2.46. The van der Waals surface area contributed by atoms with Crippen molar-refractivity contribution in [2.24, 2.45) is 0 Å². The first kappa shape index (κ1) is 12.9. The lowest BCUT2D eigenvalue weighted by molar-refractivity contribution is 0.132. The van der Waals surface area contributed by atoms with E-state index in [1.807, 2.05) is 25.3 Å². The smallest absolute Gasteiger partial charge is 0.134 e. The normalized spacial score (nSPS) is 26.0. The molecule has 1 N–H and O–H groups in total. The van der Waals surface area contributed by atoms with Gasteiger partial charge in [0.15, 0.2) is 0 Å². The second-order valence-corrected chi connectivity index (χ2v) is 5.72. The Balaban J connectivity index is 1.79. The molecule has 0 radical (unpaired) electrons. The summed E-state index contributed by atoms with van der Waals surface area (Å²) < 4.78 is 0. The minimum Gasteiger partial charge on any atom is -0.389 e. The van der Waals surface area contributed by atoms with Gasteiger partial charge in [0.25, 0.3) is 0 Å². The maximum Gasteiger partial charge on any atom is 0.134 e. The van der Waals surface area contributed by atoms with Gasteiger partial charge in [-0.15, -0.1) is 0 Å². The lowest BCUT2D eigenvalue weighted by Gasteiger charge is -2.44. The number of rotatable bonds is 2. The van der Waals surface area contributed by atoms with E-state index in [9.17, 15) is 5.11 Å². The highest BCUT2D eigenvalue weighted by Gasteiger charge is 2.30. The van der Waals surface area contributed by atoms with Gasteiger partial charge in [0, 0.05) is 37.4 Å². The number of aromatic nitrogens is 1. The molecule has 2 unspecified atom stereocenters. The van der Waals surface area contributed by atoms with Crippen LogP contribution in [-0.4, -0.2) is 47.2 Å². The minimum absolute atomic E-state index is 0.451. The Labute approximate surface area is 115 Å². The van der Waals surface area contributed by atoms with Crippen molar-refractivity contribution in [3.8, 4) is 0 Å². The molecule has 1 aromatic heterocycles. The summed E-state index contributed by atoms with van der Waals surface area (Å²) in [6, 6.07) is 4.56. The number of hydrogen-bond acceptors (Lipinski definition) is 4. The molecule has 3 rings (SSSR count). The molecule has 1 aromatic rings. The maximum absolute atomic E-state index is 9.89. The van der Waals surface area contributed by atoms with Crippen molar-refractivity contribution in [2.45, 2.75) is 38.3 Å². The van der Waals surface area contributed by atoms with Gasteiger partial charge in [-0.25, -0.2) is 4.98 Å². The molecule has 0 saturated carbocycles. The number of nitrogens with zero attached hydrogens (tertiary/aromatic N) is 3. The first-order valence-corrected chi connectivity index (χ1v) is 7.37. The summed E-state index contributed by atoms with van der Waals surface area (Å²) in [5, 5.41) is 9.89. The van der Waals surface area contributed by atoms with E-state index >= 15 is 0 Å². The Kier molecular flexibility index (Phi) is 3.71. The third-order valence-electron chi connectivity index (χ3n) is 4.40. The molecular weight excluding hydrogens is 238 g/mol. The molecule has 2 atom stereocenters. The van der Waals surface area contributed by atoms with E-state index in [1.165, 1.54) is 25.8 Å². The SMILES string of the molecule is CC(O)c1cccnc1N1CCN2CCCCC2C1. The summed E-state index contributed by atoms with van der Waals surface area (Å²) in [6.45, 7) is 6.27. The van der Waals surface area contributed by atoms with E-state index in [1.54, 1.807) is 0 Å². The summed E-state index contributed by atoms with van der Waals surface area (Å²) in [5.74, 6) is 0.975. The molecule has 0 aliphatic carbocycles. The van der Waals surface area contributed by atoms with Crippen LogP contribution in [0.2, 0.25) is 0 Å². The summed E-state index contributed by atoms with van der Waals surface area (Å²) in [5.41, 5.74) is 0.951. The average molecular weight is 261 g/mol. The van der Waals surface area contributed by atoms with E-state index in [0.29, 0.717) is 6.04 Å². The summed E-state index contributed by atoms with van der Waals surface area (Å²) in [7, 11) is 0. The van der Waals surface area contributed by atoms with Crippen LogP contribution in [0.5, 0.6) is 0 Å². The number of aliphatic hydroxyl groups is 1. The van der Waals surface area contributed by atoms with E-state index in [2.05, 4.69) is 14.8 Å². The third-order valence-corrected chi connectivity index (χ3v) is 4.40. The molecule has 0 bridgehead atoms. The quantitative estimate of drug-likeness (QED) is 0.881. The zero-order valence-electron chi connectivity index (χ0n) is 11.6. The van der Waals surface area contributed by atoms with Crippen molar-refractivity contribution >= 4 is 5.82 Å². The van der Waals surface area contributed by atoms with Gasteiger partial charge < -0.3 is 10.0 Å². The van der Waals surface area contributed by atoms with Crippen LogP contribution in [0.25, 0.3) is 0 Å². The van der Waals surface area contributed by atoms with Crippen molar-refractivity contribution in [1.82, 2.24) is 9.88 Å². The van der Waals surface area contributed by atoms with Crippen LogP contribution in [0.3, 0.4) is 0 Å². The molecule has 4 nitrogen and oxygen atoms in total. The molecule has 2 aliphatic rings. The molecule has 4 heteroatoms. The Morgan fingerprint density at radius 1 is 1.32 bits per heavy atom. The molecule has 2 saturated heterocycles. The second-order valence-electron chi connectivity index (χ2n) is 5.72. The number of fused-ring (bicyclic) bond motifs is 1. The van der Waals surface area contributed by atoms with Crippen LogP contribution in [0.15, 0.2) is 18.3 Å². The van der Waals surface area contributed by atoms with Crippen LogP contribution >= 0.6 is 0 Å². The highest BCUT2D eigenvalue weighted by atomic mass is 16.3. The lowest BCUT2D eigenvalue weighted by atomic mass is 9.99. The number of hydrogen-bond donors (Lipinski definition) is 1. The third kappa shape index (κ3) is 2.60. The van der Waals surface area contributed by atoms with Crippen molar-refractivity contribution in [3.05, 3.63) is 23.9 Å². The second kappa shape index (κ2) is 5.47. The van der Waals surface area contributed by atoms with Crippen LogP contribution < -0.4 is 4.90 Å². The van der Waals surface area contributed by atoms with Crippen LogP contribution in [0.4, 0.5) is 5.82 Å². The van der Waals surface area contributed by atoms with E-state index in [0.717, 1.165) is 31.0 Å². The molecule has 0 amide bonds. The Hall–Kier alpha value is -1.13. The molecule has 104 valence electrons. The van der Waals surface area contributed by atoms with Crippen molar-refractivity contribution < 1.29 is 5.11 Å². The van der Waals surface area contributed by atoms with Gasteiger partial charge in [0.2, 0.25) is 0 Å². The fourth-order valence-electron chi connectivity index (χ4n) is 3.35. The van der Waals surface area contributed by atoms with Gasteiger partial charge in [-0.05, 0) is 32.4 Å². The van der Waals surface area contributed by atoms with Crippen molar-refractivity contribution in [2.75, 3.05) is 31.1 Å². The molecule has 0 spiro atoms. The fraction of sp³-hybridized carbons (Fsp3) is 0.667. The fourth-order valence-corrected chi connectivity index (χ4v) is 3.35. The number of aliphatic hydroxyl groups excluding tert-OH is 1. The van der Waals surface area contributed by atoms with Crippen LogP contribution in [0, 0.1) is 0 Å². The monoisotopic (exact) mass is 261 g/mol. The summed E-state index contributed by atoms with van der Waals surface area (Å²) in [4.78, 5) is 9.48. The molecule has 19 heavy (non-hydrogen) atoms. The number of anilines is 1. The number of pyridine rings is 1. The standard InChI is InChI=1S/C15H23N3O/c1-12(19)14-6-4-7-16-15(14)18-10-9-17-8-3-2-5-13(17)11-18/h4,6-7,12-13,19H,2-3,5,8-11H2,1H3. The van der Waals surface area contributed by atoms with Gasteiger partial charge in [0.05, 0.1) is 6.10 Å². The maximum atomic E-state index is 9.89. The Morgan fingerprint density at radius 3 is 3.05 bits per heavy atom. The molecule has 0 aromatic carbocycles. The van der Waals surface area contributed by atoms with Gasteiger partial charge >= 0.3 is 0 Å². The van der Waals surface area contributed by atoms with Gasteiger partial charge in [-0.3, -0.25) is 4.90 Å². The van der Waals surface area contributed by atoms with Crippen molar-refractivity contribution in [1.29, 1.82) is 0 Å². The largest absolute Gasteiger partial charge is 0.389 e. The first-order valence-electron chi connectivity index (χ1n) is 7.37. The van der Waals surface area contributed by atoms with E-state index in [4.69, 9.17) is 0 Å². The molecular formula is C15H23N3O. The summed E-state index contributed by atoms with van der Waals surface area (Å²) in [6.07, 6.45) is 5.37. The minimum atomic E-state index is -0.451. The van der Waals surface area contributed by atoms with Gasteiger partial charge in [0.1, 0.15) is 5.82 Å². The lowest BCUT2D eigenvalue weighted by Crippen LogP contribution is -2.55. The number of piperazine rings is 1. The Bertz CT molecular complexity index is 435. The van der Waals surface area contributed by atoms with Crippen LogP contribution in [0.1, 0.15) is 37.9 Å². The van der Waals surface area contributed by atoms with Gasteiger partial charge in [-0.1, -0.05) is 12.5 Å². The first-order chi connectivity index (χ1) is 9.25. The molecule has 3 heterocycles. The molecule has 2 aliphatic heterocycles. The highest BCUT2D eigenvalue weighted by Crippen LogP contribution is 2.28. The predicted octanol–water partition coefficient (Wildman–Crippen LogP) is 1.81. The highest BCUT2D eigenvalue weighted by molar-refractivity contribution is 5.48. The summed E-state index contributed by atoms with van der Waals surface area (Å²) >= 11 is 0.